The molecule has 1 aromatic rings. The summed E-state index contributed by atoms with van der Waals surface area (Å²) in [7, 11) is 0. The Bertz CT molecular complexity index is 623. The molecule has 0 saturated carbocycles. The van der Waals surface area contributed by atoms with E-state index in [1.54, 1.807) is 0 Å². The molecule has 6 heteroatoms. The number of carbonyl (C=O) groups excluding carboxylic acids is 1. The van der Waals surface area contributed by atoms with Crippen molar-refractivity contribution in [2.75, 3.05) is 18.4 Å². The Balaban J connectivity index is 1.84. The zero-order valence-corrected chi connectivity index (χ0v) is 11.6. The normalized spacial score (nSPS) is 15.7. The summed E-state index contributed by atoms with van der Waals surface area (Å²) in [6, 6.07) is 5.68. The molecule has 0 spiro atoms. The van der Waals surface area contributed by atoms with Crippen LogP contribution in [-0.4, -0.2) is 33.6 Å². The number of amides is 1. The molecule has 0 bridgehead atoms. The number of benzene rings is 1. The summed E-state index contributed by atoms with van der Waals surface area (Å²) in [5.41, 5.74) is 4.42. The van der Waals surface area contributed by atoms with E-state index in [2.05, 4.69) is 18.6 Å². The van der Waals surface area contributed by atoms with Gasteiger partial charge in [0.2, 0.25) is 0 Å². The topological polar surface area (TPSA) is 65.8 Å². The van der Waals surface area contributed by atoms with Crippen molar-refractivity contribution in [2.45, 2.75) is 6.92 Å². The third kappa shape index (κ3) is 1.99. The van der Waals surface area contributed by atoms with Crippen LogP contribution in [-0.2, 0) is 4.79 Å². The second kappa shape index (κ2) is 4.65. The van der Waals surface area contributed by atoms with Crippen LogP contribution >= 0.6 is 0 Å². The van der Waals surface area contributed by atoms with Gasteiger partial charge in [-0.3, -0.25) is 0 Å². The molecule has 2 heterocycles. The van der Waals surface area contributed by atoms with E-state index in [0.29, 0.717) is 0 Å². The van der Waals surface area contributed by atoms with Gasteiger partial charge >= 0.3 is 110 Å². The van der Waals surface area contributed by atoms with Crippen LogP contribution in [0.3, 0.4) is 0 Å². The van der Waals surface area contributed by atoms with Crippen LogP contribution in [0.5, 0.6) is 0 Å². The van der Waals surface area contributed by atoms with Gasteiger partial charge in [0.1, 0.15) is 0 Å². The van der Waals surface area contributed by atoms with Crippen LogP contribution in [0.1, 0.15) is 6.92 Å². The van der Waals surface area contributed by atoms with Crippen LogP contribution in [0.4, 0.5) is 17.1 Å². The first kappa shape index (κ1) is 11.6. The molecule has 18 heavy (non-hydrogen) atoms. The van der Waals surface area contributed by atoms with Crippen molar-refractivity contribution in [3.8, 4) is 0 Å². The van der Waals surface area contributed by atoms with Gasteiger partial charge in [-0.2, -0.15) is 0 Å². The monoisotopic (exact) mass is 308 g/mol. The fraction of sp³-hybridized carbons (Fsp3) is 0.250. The number of nitrogens with one attached hydrogen (secondary N) is 2. The minimum absolute atomic E-state index is 0.0468. The molecule has 0 aromatic heterocycles. The van der Waals surface area contributed by atoms with Crippen molar-refractivity contribution in [3.63, 3.8) is 0 Å². The molecule has 0 aliphatic carbocycles. The first-order valence-electron chi connectivity index (χ1n) is 5.67. The van der Waals surface area contributed by atoms with Crippen LogP contribution in [0.25, 0.3) is 0 Å². The van der Waals surface area contributed by atoms with Crippen LogP contribution in [0.2, 0.25) is 0 Å². The van der Waals surface area contributed by atoms with Gasteiger partial charge in [0.05, 0.1) is 0 Å². The minimum atomic E-state index is -0.0748. The van der Waals surface area contributed by atoms with E-state index in [9.17, 15) is 4.79 Å². The van der Waals surface area contributed by atoms with E-state index >= 15 is 0 Å². The Morgan fingerprint density at radius 3 is 2.94 bits per heavy atom. The summed E-state index contributed by atoms with van der Waals surface area (Å²) >= 11 is -0.0748. The maximum absolute atomic E-state index is 12.1. The molecule has 1 amide bonds. The summed E-state index contributed by atoms with van der Waals surface area (Å²) < 4.78 is 8.64. The fourth-order valence-electron chi connectivity index (χ4n) is 1.80. The predicted octanol–water partition coefficient (Wildman–Crippen LogP) is 1.89. The summed E-state index contributed by atoms with van der Waals surface area (Å²) in [6.45, 7) is 3.49. The Hall–Kier alpha value is -1.49. The molecule has 2 N–H and O–H groups in total. The Kier molecular flexibility index (Phi) is 2.99. The average Bonchev–Trinajstić information content (AvgIpc) is 2.75. The zero-order valence-electron chi connectivity index (χ0n) is 9.86. The van der Waals surface area contributed by atoms with E-state index < -0.39 is 0 Å². The summed E-state index contributed by atoms with van der Waals surface area (Å²) in [6.07, 6.45) is 0. The van der Waals surface area contributed by atoms with E-state index in [-0.39, 0.29) is 20.5 Å². The Morgan fingerprint density at radius 1 is 1.39 bits per heavy atom. The third-order valence-electron chi connectivity index (χ3n) is 3.08. The maximum atomic E-state index is 12.1. The molecule has 1 fully saturated rings. The van der Waals surface area contributed by atoms with Crippen LogP contribution in [0, 0.1) is 0 Å². The number of nitrogens with zero attached hydrogens (tertiary/aromatic N) is 2. The number of hydrogen-bond donors (Lipinski definition) is 2. The summed E-state index contributed by atoms with van der Waals surface area (Å²) in [5.74, 6) is -0.0468. The molecular weight excluding hydrogens is 295 g/mol. The van der Waals surface area contributed by atoms with E-state index in [1.165, 1.54) is 5.57 Å². The molecule has 5 nitrogen and oxygen atoms in total. The number of anilines is 1. The van der Waals surface area contributed by atoms with E-state index in [4.69, 9.17) is 0 Å². The molecule has 1 saturated heterocycles. The number of fused-ring (bicyclic) bond motifs is 1. The Labute approximate surface area is 110 Å². The predicted molar refractivity (Wildman–Crippen MR) is 70.6 cm³/mol. The standard InChI is InChI=1S/C12H12N4OSe/c1-7(8-5-13-6-8)12(17)14-9-3-2-4-10-11(9)16-18-15-10/h2-4,13H,5-6H2,1H3,(H,14,17). The molecule has 2 aliphatic rings. The number of rotatable bonds is 2. The summed E-state index contributed by atoms with van der Waals surface area (Å²) in [4.78, 5) is 12.1. The number of carbonyl (C=O) groups is 1. The van der Waals surface area contributed by atoms with Crippen molar-refractivity contribution >= 4 is 37.5 Å². The molecule has 2 aliphatic heterocycles. The third-order valence-corrected chi connectivity index (χ3v) is 4.22. The van der Waals surface area contributed by atoms with Gasteiger partial charge in [0.15, 0.2) is 0 Å². The molecule has 0 unspecified atom stereocenters. The van der Waals surface area contributed by atoms with Gasteiger partial charge in [-0.1, -0.05) is 0 Å². The first-order valence-corrected chi connectivity index (χ1v) is 7.21. The Morgan fingerprint density at radius 2 is 2.22 bits per heavy atom. The first-order chi connectivity index (χ1) is 8.75. The molecule has 1 aromatic carbocycles. The molecule has 3 rings (SSSR count). The van der Waals surface area contributed by atoms with Gasteiger partial charge in [-0.25, -0.2) is 0 Å². The average molecular weight is 307 g/mol. The van der Waals surface area contributed by atoms with Crippen molar-refractivity contribution < 1.29 is 4.79 Å². The SMILES string of the molecule is CC(C(=O)Nc1cccc2c1N=[Se]=N2)=C1CNC1. The van der Waals surface area contributed by atoms with Gasteiger partial charge in [-0.15, -0.1) is 0 Å². The second-order valence-corrected chi connectivity index (χ2v) is 5.33. The fourth-order valence-corrected chi connectivity index (χ4v) is 2.95. The number of hydrogen-bond acceptors (Lipinski definition) is 4. The second-order valence-electron chi connectivity index (χ2n) is 4.22. The molecule has 0 radical (unpaired) electrons. The quantitative estimate of drug-likeness (QED) is 0.657. The van der Waals surface area contributed by atoms with Crippen molar-refractivity contribution in [2.24, 2.45) is 7.92 Å². The van der Waals surface area contributed by atoms with Gasteiger partial charge in [0, 0.05) is 0 Å². The van der Waals surface area contributed by atoms with Crippen molar-refractivity contribution in [1.82, 2.24) is 5.32 Å². The van der Waals surface area contributed by atoms with Crippen LogP contribution < -0.4 is 10.6 Å². The zero-order chi connectivity index (χ0) is 12.5. The molecule has 0 atom stereocenters. The van der Waals surface area contributed by atoms with Crippen LogP contribution in [0.15, 0.2) is 37.3 Å². The van der Waals surface area contributed by atoms with Gasteiger partial charge < -0.3 is 0 Å². The van der Waals surface area contributed by atoms with Crippen molar-refractivity contribution in [3.05, 3.63) is 29.3 Å². The molecule has 92 valence electrons. The van der Waals surface area contributed by atoms with E-state index in [1.807, 2.05) is 25.1 Å². The van der Waals surface area contributed by atoms with Crippen molar-refractivity contribution in [1.29, 1.82) is 0 Å². The van der Waals surface area contributed by atoms with E-state index in [0.717, 1.165) is 35.7 Å². The van der Waals surface area contributed by atoms with Gasteiger partial charge in [-0.05, 0) is 0 Å². The summed E-state index contributed by atoms with van der Waals surface area (Å²) in [5, 5.41) is 6.06. The molecular formula is C12H12N4OSe. The van der Waals surface area contributed by atoms with Gasteiger partial charge in [0.25, 0.3) is 0 Å².